The van der Waals surface area contributed by atoms with Crippen LogP contribution in [-0.2, 0) is 4.79 Å². The number of nitrogens with zero attached hydrogens (tertiary/aromatic N) is 1. The lowest BCUT2D eigenvalue weighted by Crippen LogP contribution is -2.23. The molecule has 0 aliphatic carbocycles. The number of hydrogen-bond acceptors (Lipinski definition) is 3. The van der Waals surface area contributed by atoms with Crippen molar-refractivity contribution >= 4 is 51.1 Å². The Labute approximate surface area is 125 Å². The minimum atomic E-state index is -0.000218. The molecule has 4 N–H and O–H groups in total. The highest BCUT2D eigenvalue weighted by Gasteiger charge is 2.04. The fourth-order valence-electron chi connectivity index (χ4n) is 1.32. The third-order valence-corrected chi connectivity index (χ3v) is 2.88. The Morgan fingerprint density at radius 2 is 2.32 bits per heavy atom. The van der Waals surface area contributed by atoms with Crippen molar-refractivity contribution in [2.24, 2.45) is 10.8 Å². The molecular formula is C12H15BrN4OS. The Hall–Kier alpha value is -1.47. The van der Waals surface area contributed by atoms with E-state index < -0.39 is 0 Å². The maximum Gasteiger partial charge on any atom is 0.224 e. The van der Waals surface area contributed by atoms with Crippen molar-refractivity contribution < 1.29 is 4.79 Å². The summed E-state index contributed by atoms with van der Waals surface area (Å²) in [7, 11) is 0. The predicted molar refractivity (Wildman–Crippen MR) is 85.2 cm³/mol. The zero-order valence-electron chi connectivity index (χ0n) is 10.4. The van der Waals surface area contributed by atoms with Crippen molar-refractivity contribution in [3.8, 4) is 0 Å². The molecule has 19 heavy (non-hydrogen) atoms. The molecule has 0 saturated heterocycles. The molecule has 0 aliphatic heterocycles. The minimum Gasteiger partial charge on any atom is -0.375 e. The largest absolute Gasteiger partial charge is 0.375 e. The fourth-order valence-corrected chi connectivity index (χ4v) is 1.87. The van der Waals surface area contributed by atoms with E-state index in [1.807, 2.05) is 19.1 Å². The first-order chi connectivity index (χ1) is 9.02. The average Bonchev–Trinajstić information content (AvgIpc) is 2.32. The molecule has 0 fully saturated rings. The van der Waals surface area contributed by atoms with Gasteiger partial charge in [0, 0.05) is 10.9 Å². The molecule has 0 atom stereocenters. The summed E-state index contributed by atoms with van der Waals surface area (Å²) in [5.74, 6) is -0.000218. The van der Waals surface area contributed by atoms with Gasteiger partial charge in [-0.15, -0.1) is 0 Å². The highest BCUT2D eigenvalue weighted by Crippen LogP contribution is 2.23. The topological polar surface area (TPSA) is 79.5 Å². The van der Waals surface area contributed by atoms with Crippen molar-refractivity contribution in [3.05, 3.63) is 28.2 Å². The summed E-state index contributed by atoms with van der Waals surface area (Å²) in [5.41, 5.74) is 9.30. The van der Waals surface area contributed by atoms with E-state index in [1.165, 1.54) is 0 Å². The van der Waals surface area contributed by atoms with Gasteiger partial charge in [-0.3, -0.25) is 10.2 Å². The summed E-state index contributed by atoms with van der Waals surface area (Å²) >= 11 is 8.03. The molecule has 0 bridgehead atoms. The number of anilines is 1. The van der Waals surface area contributed by atoms with Gasteiger partial charge in [-0.25, -0.2) is 0 Å². The lowest BCUT2D eigenvalue weighted by Gasteiger charge is -2.07. The Morgan fingerprint density at radius 3 is 2.89 bits per heavy atom. The summed E-state index contributed by atoms with van der Waals surface area (Å²) < 4.78 is 0.788. The molecule has 0 spiro atoms. The molecule has 1 aromatic carbocycles. The van der Waals surface area contributed by atoms with Crippen LogP contribution < -0.4 is 16.5 Å². The Morgan fingerprint density at radius 1 is 1.58 bits per heavy atom. The van der Waals surface area contributed by atoms with Crippen LogP contribution in [0.4, 0.5) is 5.69 Å². The normalized spacial score (nSPS) is 10.4. The van der Waals surface area contributed by atoms with E-state index in [1.54, 1.807) is 12.3 Å². The molecule has 5 nitrogen and oxygen atoms in total. The summed E-state index contributed by atoms with van der Waals surface area (Å²) in [4.78, 5) is 11.5. The number of halogens is 1. The van der Waals surface area contributed by atoms with Crippen molar-refractivity contribution in [2.45, 2.75) is 19.8 Å². The second-order valence-corrected chi connectivity index (χ2v) is 5.07. The van der Waals surface area contributed by atoms with Crippen molar-refractivity contribution in [1.82, 2.24) is 5.43 Å². The van der Waals surface area contributed by atoms with Crippen LogP contribution in [0, 0.1) is 0 Å². The second-order valence-electron chi connectivity index (χ2n) is 3.77. The fraction of sp³-hybridized carbons (Fsp3) is 0.250. The Kier molecular flexibility index (Phi) is 6.44. The monoisotopic (exact) mass is 342 g/mol. The van der Waals surface area contributed by atoms with E-state index >= 15 is 0 Å². The van der Waals surface area contributed by atoms with Crippen LogP contribution >= 0.6 is 28.1 Å². The first kappa shape index (κ1) is 15.6. The number of hydrazone groups is 1. The van der Waals surface area contributed by atoms with Crippen LogP contribution in [0.5, 0.6) is 0 Å². The molecule has 0 unspecified atom stereocenters. The summed E-state index contributed by atoms with van der Waals surface area (Å²) in [5, 5.41) is 6.79. The van der Waals surface area contributed by atoms with E-state index in [9.17, 15) is 4.79 Å². The van der Waals surface area contributed by atoms with E-state index in [4.69, 9.17) is 5.73 Å². The van der Waals surface area contributed by atoms with Gasteiger partial charge in [-0.05, 0) is 52.3 Å². The van der Waals surface area contributed by atoms with Crippen LogP contribution in [0.3, 0.4) is 0 Å². The van der Waals surface area contributed by atoms with Crippen molar-refractivity contribution in [3.63, 3.8) is 0 Å². The third kappa shape index (κ3) is 5.80. The molecule has 1 aromatic rings. The number of nitrogens with one attached hydrogen (secondary N) is 2. The van der Waals surface area contributed by atoms with Crippen LogP contribution in [0.1, 0.15) is 25.3 Å². The molecule has 102 valence electrons. The highest BCUT2D eigenvalue weighted by molar-refractivity contribution is 9.10. The summed E-state index contributed by atoms with van der Waals surface area (Å²) in [6, 6.07) is 5.48. The predicted octanol–water partition coefficient (Wildman–Crippen LogP) is 2.35. The van der Waals surface area contributed by atoms with Gasteiger partial charge in [0.15, 0.2) is 5.11 Å². The van der Waals surface area contributed by atoms with E-state index in [2.05, 4.69) is 44.0 Å². The number of rotatable bonds is 5. The Bertz CT molecular complexity index is 505. The molecule has 0 radical (unpaired) electrons. The molecule has 0 aromatic heterocycles. The Balaban J connectivity index is 2.71. The van der Waals surface area contributed by atoms with Gasteiger partial charge in [0.1, 0.15) is 0 Å². The van der Waals surface area contributed by atoms with Crippen LogP contribution in [0.2, 0.25) is 0 Å². The first-order valence-corrected chi connectivity index (χ1v) is 6.91. The van der Waals surface area contributed by atoms with Gasteiger partial charge < -0.3 is 11.1 Å². The number of amides is 1. The average molecular weight is 343 g/mol. The number of carbonyl (C=O) groups excluding carboxylic acids is 1. The van der Waals surface area contributed by atoms with Gasteiger partial charge >= 0.3 is 0 Å². The van der Waals surface area contributed by atoms with Gasteiger partial charge in [-0.2, -0.15) is 5.10 Å². The van der Waals surface area contributed by atoms with E-state index in [0.717, 1.165) is 22.1 Å². The van der Waals surface area contributed by atoms with E-state index in [0.29, 0.717) is 6.42 Å². The maximum absolute atomic E-state index is 11.5. The third-order valence-electron chi connectivity index (χ3n) is 2.13. The standard InChI is InChI=1S/C12H15BrN4OS/c1-2-3-11(18)16-10-5-4-8(6-9(10)13)7-15-17-12(14)19/h4-7H,2-3H2,1H3,(H,16,18)(H3,14,17,19)/b15-7+. The molecular weight excluding hydrogens is 328 g/mol. The molecule has 0 heterocycles. The van der Waals surface area contributed by atoms with Gasteiger partial charge in [0.05, 0.1) is 11.9 Å². The van der Waals surface area contributed by atoms with E-state index in [-0.39, 0.29) is 11.0 Å². The maximum atomic E-state index is 11.5. The lowest BCUT2D eigenvalue weighted by atomic mass is 10.2. The van der Waals surface area contributed by atoms with Crippen molar-refractivity contribution in [2.75, 3.05) is 5.32 Å². The molecule has 7 heteroatoms. The number of nitrogens with two attached hydrogens (primary N) is 1. The van der Waals surface area contributed by atoms with Gasteiger partial charge in [-0.1, -0.05) is 13.0 Å². The number of carbonyl (C=O) groups is 1. The lowest BCUT2D eigenvalue weighted by molar-refractivity contribution is -0.116. The first-order valence-electron chi connectivity index (χ1n) is 5.71. The van der Waals surface area contributed by atoms with Gasteiger partial charge in [0.25, 0.3) is 0 Å². The molecule has 0 aliphatic rings. The summed E-state index contributed by atoms with van der Waals surface area (Å²) in [6.07, 6.45) is 2.91. The highest BCUT2D eigenvalue weighted by atomic mass is 79.9. The van der Waals surface area contributed by atoms with Crippen LogP contribution in [0.15, 0.2) is 27.8 Å². The SMILES string of the molecule is CCCC(=O)Nc1ccc(/C=N/NC(N)=S)cc1Br. The molecule has 1 rings (SSSR count). The molecule has 0 saturated carbocycles. The number of thiocarbonyl (C=S) groups is 1. The zero-order valence-corrected chi connectivity index (χ0v) is 12.8. The smallest absolute Gasteiger partial charge is 0.224 e. The zero-order chi connectivity index (χ0) is 14.3. The second kappa shape index (κ2) is 7.85. The number of hydrogen-bond donors (Lipinski definition) is 3. The minimum absolute atomic E-state index is 0.000218. The van der Waals surface area contributed by atoms with Crippen LogP contribution in [-0.4, -0.2) is 17.2 Å². The molecule has 1 amide bonds. The van der Waals surface area contributed by atoms with Gasteiger partial charge in [0.2, 0.25) is 5.91 Å². The van der Waals surface area contributed by atoms with Crippen molar-refractivity contribution in [1.29, 1.82) is 0 Å². The van der Waals surface area contributed by atoms with Crippen LogP contribution in [0.25, 0.3) is 0 Å². The quantitative estimate of drug-likeness (QED) is 0.436. The number of benzene rings is 1. The summed E-state index contributed by atoms with van der Waals surface area (Å²) in [6.45, 7) is 1.96.